The molecule has 3 rings (SSSR count). The van der Waals surface area contributed by atoms with Crippen LogP contribution in [-0.2, 0) is 22.6 Å². The minimum atomic E-state index is -0.589. The molecule has 0 radical (unpaired) electrons. The Morgan fingerprint density at radius 1 is 1.38 bits per heavy atom. The Labute approximate surface area is 144 Å². The van der Waals surface area contributed by atoms with Gasteiger partial charge in [0.2, 0.25) is 11.8 Å². The van der Waals surface area contributed by atoms with Gasteiger partial charge in [-0.1, -0.05) is 30.3 Å². The highest BCUT2D eigenvalue weighted by atomic mass is 32.1. The average Bonchev–Trinajstić information content (AvgIpc) is 3.13. The summed E-state index contributed by atoms with van der Waals surface area (Å²) < 4.78 is 0. The Morgan fingerprint density at radius 3 is 2.83 bits per heavy atom. The van der Waals surface area contributed by atoms with Crippen LogP contribution in [0.3, 0.4) is 0 Å². The summed E-state index contributed by atoms with van der Waals surface area (Å²) >= 11 is 1.42. The third-order valence-corrected chi connectivity index (χ3v) is 5.03. The fourth-order valence-corrected chi connectivity index (χ4v) is 3.70. The van der Waals surface area contributed by atoms with Crippen molar-refractivity contribution in [2.75, 3.05) is 5.32 Å². The molecule has 1 aromatic heterocycles. The molecular weight excluding hydrogens is 324 g/mol. The predicted octanol–water partition coefficient (Wildman–Crippen LogP) is 1.77. The van der Waals surface area contributed by atoms with Gasteiger partial charge in [0.05, 0.1) is 17.7 Å². The Balaban J connectivity index is 1.64. The summed E-state index contributed by atoms with van der Waals surface area (Å²) in [5, 5.41) is 6.18. The van der Waals surface area contributed by atoms with E-state index in [2.05, 4.69) is 15.6 Å². The molecule has 4 N–H and O–H groups in total. The van der Waals surface area contributed by atoms with Crippen LogP contribution < -0.4 is 16.4 Å². The minimum absolute atomic E-state index is 0.0204. The summed E-state index contributed by atoms with van der Waals surface area (Å²) in [6, 6.07) is 9.21. The third kappa shape index (κ3) is 3.63. The second-order valence-corrected chi connectivity index (χ2v) is 6.98. The number of amides is 2. The van der Waals surface area contributed by atoms with Crippen molar-refractivity contribution < 1.29 is 9.59 Å². The number of rotatable bonds is 5. The summed E-state index contributed by atoms with van der Waals surface area (Å²) in [6.45, 7) is 2.13. The highest BCUT2D eigenvalue weighted by molar-refractivity contribution is 7.16. The molecule has 6 nitrogen and oxygen atoms in total. The summed E-state index contributed by atoms with van der Waals surface area (Å²) in [7, 11) is 0. The molecule has 0 aliphatic heterocycles. The Kier molecular flexibility index (Phi) is 4.92. The van der Waals surface area contributed by atoms with Crippen LogP contribution in [0.1, 0.15) is 35.4 Å². The zero-order chi connectivity index (χ0) is 17.1. The summed E-state index contributed by atoms with van der Waals surface area (Å²) in [5.41, 5.74) is 7.39. The second-order valence-electron chi connectivity index (χ2n) is 5.90. The van der Waals surface area contributed by atoms with E-state index in [9.17, 15) is 9.59 Å². The maximum absolute atomic E-state index is 12.5. The van der Waals surface area contributed by atoms with E-state index in [1.807, 2.05) is 30.3 Å². The molecule has 0 bridgehead atoms. The molecule has 1 aromatic carbocycles. The Bertz CT molecular complexity index is 742. The van der Waals surface area contributed by atoms with Gasteiger partial charge in [-0.25, -0.2) is 4.98 Å². The smallest absolute Gasteiger partial charge is 0.242 e. The number of carbonyl (C=O) groups excluding carboxylic acids is 2. The maximum Gasteiger partial charge on any atom is 0.242 e. The van der Waals surface area contributed by atoms with E-state index in [4.69, 9.17) is 5.73 Å². The van der Waals surface area contributed by atoms with Gasteiger partial charge in [0, 0.05) is 11.4 Å². The molecule has 0 saturated heterocycles. The number of anilines is 1. The molecule has 2 amide bonds. The van der Waals surface area contributed by atoms with Gasteiger partial charge in [0.1, 0.15) is 0 Å². The zero-order valence-electron chi connectivity index (χ0n) is 13.4. The van der Waals surface area contributed by atoms with Crippen LogP contribution in [0.2, 0.25) is 0 Å². The summed E-state index contributed by atoms with van der Waals surface area (Å²) in [6.07, 6.45) is 1.57. The molecule has 1 aliphatic rings. The molecular formula is C17H20N4O2S. The number of benzene rings is 1. The second kappa shape index (κ2) is 7.11. The molecule has 0 saturated carbocycles. The van der Waals surface area contributed by atoms with Crippen LogP contribution >= 0.6 is 11.3 Å². The van der Waals surface area contributed by atoms with Gasteiger partial charge in [0.15, 0.2) is 5.13 Å². The number of carbonyl (C=O) groups is 2. The number of hydrogen-bond donors (Lipinski definition) is 3. The predicted molar refractivity (Wildman–Crippen MR) is 93.7 cm³/mol. The lowest BCUT2D eigenvalue weighted by Crippen LogP contribution is -2.32. The van der Waals surface area contributed by atoms with Gasteiger partial charge in [-0.3, -0.25) is 9.59 Å². The standard InChI is InChI=1S/C17H20N4O2S/c1-10(18)15(22)21-17-20-14-12(7-8-13(14)24-17)16(23)19-9-11-5-3-2-4-6-11/h2-6,10,12H,7-9,18H2,1H3,(H,19,23)(H,20,21,22)/t10-,12?/m0/s1. The highest BCUT2D eigenvalue weighted by Crippen LogP contribution is 2.38. The number of nitrogens with zero attached hydrogens (tertiary/aromatic N) is 1. The number of fused-ring (bicyclic) bond motifs is 1. The van der Waals surface area contributed by atoms with Gasteiger partial charge in [0.25, 0.3) is 0 Å². The molecule has 0 fully saturated rings. The lowest BCUT2D eigenvalue weighted by atomic mass is 10.1. The molecule has 2 aromatic rings. The van der Waals surface area contributed by atoms with Crippen molar-refractivity contribution >= 4 is 28.3 Å². The van der Waals surface area contributed by atoms with Crippen molar-refractivity contribution in [2.24, 2.45) is 5.73 Å². The molecule has 7 heteroatoms. The molecule has 2 atom stereocenters. The van der Waals surface area contributed by atoms with E-state index >= 15 is 0 Å². The van der Waals surface area contributed by atoms with Crippen molar-refractivity contribution in [3.63, 3.8) is 0 Å². The molecule has 126 valence electrons. The Hall–Kier alpha value is -2.25. The third-order valence-electron chi connectivity index (χ3n) is 3.99. The fourth-order valence-electron chi connectivity index (χ4n) is 2.66. The van der Waals surface area contributed by atoms with Crippen LogP contribution in [0, 0.1) is 0 Å². The molecule has 1 aliphatic carbocycles. The van der Waals surface area contributed by atoms with Crippen LogP contribution in [0.25, 0.3) is 0 Å². The van der Waals surface area contributed by atoms with Gasteiger partial charge in [-0.2, -0.15) is 0 Å². The first-order valence-electron chi connectivity index (χ1n) is 7.92. The first-order valence-corrected chi connectivity index (χ1v) is 8.74. The zero-order valence-corrected chi connectivity index (χ0v) is 14.2. The first-order chi connectivity index (χ1) is 11.5. The van der Waals surface area contributed by atoms with Gasteiger partial charge >= 0.3 is 0 Å². The van der Waals surface area contributed by atoms with Crippen molar-refractivity contribution in [2.45, 2.75) is 38.3 Å². The summed E-state index contributed by atoms with van der Waals surface area (Å²) in [5.74, 6) is -0.540. The normalized spacial score (nSPS) is 17.2. The van der Waals surface area contributed by atoms with Crippen LogP contribution in [-0.4, -0.2) is 22.8 Å². The SMILES string of the molecule is C[C@H](N)C(=O)Nc1nc2c(s1)CCC2C(=O)NCc1ccccc1. The van der Waals surface area contributed by atoms with Crippen LogP contribution in [0.4, 0.5) is 5.13 Å². The number of aryl methyl sites for hydroxylation is 1. The number of nitrogens with two attached hydrogens (primary N) is 1. The van der Waals surface area contributed by atoms with Crippen LogP contribution in [0.5, 0.6) is 0 Å². The average molecular weight is 344 g/mol. The van der Waals surface area contributed by atoms with E-state index < -0.39 is 6.04 Å². The maximum atomic E-state index is 12.5. The molecule has 1 heterocycles. The van der Waals surface area contributed by atoms with E-state index in [0.29, 0.717) is 11.7 Å². The summed E-state index contributed by atoms with van der Waals surface area (Å²) in [4.78, 5) is 29.6. The lowest BCUT2D eigenvalue weighted by molar-refractivity contribution is -0.122. The number of aromatic nitrogens is 1. The fraction of sp³-hybridized carbons (Fsp3) is 0.353. The van der Waals surface area contributed by atoms with Crippen molar-refractivity contribution in [3.05, 3.63) is 46.5 Å². The van der Waals surface area contributed by atoms with E-state index in [1.165, 1.54) is 11.3 Å². The van der Waals surface area contributed by atoms with Gasteiger partial charge in [-0.15, -0.1) is 11.3 Å². The molecule has 24 heavy (non-hydrogen) atoms. The Morgan fingerprint density at radius 2 is 2.12 bits per heavy atom. The van der Waals surface area contributed by atoms with Crippen LogP contribution in [0.15, 0.2) is 30.3 Å². The van der Waals surface area contributed by atoms with Crippen molar-refractivity contribution in [1.82, 2.24) is 10.3 Å². The van der Waals surface area contributed by atoms with Gasteiger partial charge < -0.3 is 16.4 Å². The largest absolute Gasteiger partial charge is 0.351 e. The number of nitrogens with one attached hydrogen (secondary N) is 2. The first kappa shape index (κ1) is 16.6. The van der Waals surface area contributed by atoms with E-state index in [0.717, 1.165) is 29.0 Å². The monoisotopic (exact) mass is 344 g/mol. The number of thiazole rings is 1. The minimum Gasteiger partial charge on any atom is -0.351 e. The van der Waals surface area contributed by atoms with Gasteiger partial charge in [-0.05, 0) is 25.3 Å². The van der Waals surface area contributed by atoms with E-state index in [-0.39, 0.29) is 17.7 Å². The quantitative estimate of drug-likeness (QED) is 0.770. The number of hydrogen-bond acceptors (Lipinski definition) is 5. The van der Waals surface area contributed by atoms with Crippen molar-refractivity contribution in [3.8, 4) is 0 Å². The lowest BCUT2D eigenvalue weighted by Gasteiger charge is -2.11. The molecule has 1 unspecified atom stereocenters. The van der Waals surface area contributed by atoms with E-state index in [1.54, 1.807) is 6.92 Å². The topological polar surface area (TPSA) is 97.1 Å². The van der Waals surface area contributed by atoms with Crippen molar-refractivity contribution in [1.29, 1.82) is 0 Å². The highest BCUT2D eigenvalue weighted by Gasteiger charge is 2.32. The molecule has 0 spiro atoms.